The predicted molar refractivity (Wildman–Crippen MR) is 61.7 cm³/mol. The Morgan fingerprint density at radius 2 is 2.06 bits per heavy atom. The fourth-order valence-corrected chi connectivity index (χ4v) is 1.64. The molecule has 18 heavy (non-hydrogen) atoms. The number of aliphatic hydroxyl groups excluding tert-OH is 1. The lowest BCUT2D eigenvalue weighted by molar-refractivity contribution is 0.225. The molecule has 0 aliphatic rings. The highest BCUT2D eigenvalue weighted by atomic mass is 19.2. The molecule has 0 radical (unpaired) electrons. The molecule has 0 saturated carbocycles. The van der Waals surface area contributed by atoms with Crippen LogP contribution in [-0.4, -0.2) is 11.7 Å². The third-order valence-corrected chi connectivity index (χ3v) is 2.61. The lowest BCUT2D eigenvalue weighted by Gasteiger charge is -2.13. The number of rotatable bonds is 5. The van der Waals surface area contributed by atoms with Gasteiger partial charge in [-0.25, -0.2) is 8.78 Å². The highest BCUT2D eigenvalue weighted by Crippen LogP contribution is 2.14. The number of benzene rings is 1. The summed E-state index contributed by atoms with van der Waals surface area (Å²) in [6.07, 6.45) is 1.51. The van der Waals surface area contributed by atoms with Gasteiger partial charge in [-0.05, 0) is 29.8 Å². The van der Waals surface area contributed by atoms with Crippen LogP contribution in [0.4, 0.5) is 8.78 Å². The Kier molecular flexibility index (Phi) is 4.07. The maximum Gasteiger partial charge on any atom is 0.159 e. The second-order valence-electron chi connectivity index (χ2n) is 3.88. The van der Waals surface area contributed by atoms with Crippen LogP contribution in [0.2, 0.25) is 0 Å². The van der Waals surface area contributed by atoms with Crippen LogP contribution in [0.5, 0.6) is 0 Å². The zero-order chi connectivity index (χ0) is 13.0. The molecule has 0 saturated heterocycles. The Labute approximate surface area is 103 Å². The van der Waals surface area contributed by atoms with Gasteiger partial charge in [0.05, 0.1) is 18.9 Å². The van der Waals surface area contributed by atoms with E-state index in [1.165, 1.54) is 12.3 Å². The van der Waals surface area contributed by atoms with Crippen molar-refractivity contribution in [1.82, 2.24) is 5.32 Å². The van der Waals surface area contributed by atoms with E-state index >= 15 is 0 Å². The summed E-state index contributed by atoms with van der Waals surface area (Å²) in [5.41, 5.74) is 0.596. The van der Waals surface area contributed by atoms with E-state index in [1.54, 1.807) is 12.1 Å². The molecule has 1 aromatic heterocycles. The van der Waals surface area contributed by atoms with E-state index in [4.69, 9.17) is 4.42 Å². The second kappa shape index (κ2) is 5.75. The minimum atomic E-state index is -0.882. The summed E-state index contributed by atoms with van der Waals surface area (Å²) >= 11 is 0. The first-order valence-corrected chi connectivity index (χ1v) is 5.52. The first-order valence-electron chi connectivity index (χ1n) is 5.52. The highest BCUT2D eigenvalue weighted by Gasteiger charge is 2.12. The zero-order valence-electron chi connectivity index (χ0n) is 9.57. The number of aliphatic hydroxyl groups is 1. The van der Waals surface area contributed by atoms with Gasteiger partial charge in [0, 0.05) is 6.54 Å². The van der Waals surface area contributed by atoms with Crippen molar-refractivity contribution in [1.29, 1.82) is 0 Å². The fraction of sp³-hybridized carbons (Fsp3) is 0.231. The third-order valence-electron chi connectivity index (χ3n) is 2.61. The van der Waals surface area contributed by atoms with E-state index in [0.717, 1.165) is 12.1 Å². The van der Waals surface area contributed by atoms with Crippen molar-refractivity contribution in [3.63, 3.8) is 0 Å². The molecule has 0 fully saturated rings. The summed E-state index contributed by atoms with van der Waals surface area (Å²) in [6.45, 7) is 0.167. The van der Waals surface area contributed by atoms with Crippen LogP contribution in [-0.2, 0) is 6.54 Å². The van der Waals surface area contributed by atoms with Crippen LogP contribution in [0, 0.1) is 11.6 Å². The number of halogens is 2. The Bertz CT molecular complexity index is 500. The van der Waals surface area contributed by atoms with Crippen molar-refractivity contribution < 1.29 is 18.3 Å². The quantitative estimate of drug-likeness (QED) is 0.860. The first kappa shape index (κ1) is 12.7. The van der Waals surface area contributed by atoms with E-state index in [1.807, 2.05) is 0 Å². The zero-order valence-corrected chi connectivity index (χ0v) is 9.57. The molecule has 2 N–H and O–H groups in total. The van der Waals surface area contributed by atoms with Gasteiger partial charge in [0.15, 0.2) is 11.6 Å². The molecule has 1 atom stereocenters. The molecule has 5 heteroatoms. The monoisotopic (exact) mass is 253 g/mol. The van der Waals surface area contributed by atoms with Crippen LogP contribution in [0.25, 0.3) is 0 Å². The topological polar surface area (TPSA) is 45.4 Å². The first-order chi connectivity index (χ1) is 8.70. The van der Waals surface area contributed by atoms with E-state index in [0.29, 0.717) is 17.9 Å². The Balaban J connectivity index is 1.99. The minimum Gasteiger partial charge on any atom is -0.468 e. The molecule has 2 rings (SSSR count). The lowest BCUT2D eigenvalue weighted by atomic mass is 10.2. The van der Waals surface area contributed by atoms with Crippen LogP contribution in [0.15, 0.2) is 41.0 Å². The van der Waals surface area contributed by atoms with Crippen LogP contribution >= 0.6 is 0 Å². The molecule has 96 valence electrons. The summed E-state index contributed by atoms with van der Waals surface area (Å²) in [7, 11) is 0. The number of furan rings is 1. The Hall–Kier alpha value is -1.72. The van der Waals surface area contributed by atoms with Gasteiger partial charge < -0.3 is 14.8 Å². The molecule has 1 aromatic carbocycles. The smallest absolute Gasteiger partial charge is 0.159 e. The minimum absolute atomic E-state index is 0.142. The molecule has 0 aliphatic heterocycles. The molecule has 0 bridgehead atoms. The molecular formula is C13H13F2NO2. The van der Waals surface area contributed by atoms with Gasteiger partial charge in [-0.2, -0.15) is 0 Å². The maximum atomic E-state index is 13.0. The number of hydrogen-bond acceptors (Lipinski definition) is 3. The SMILES string of the molecule is OCC(NCc1ccc(F)c(F)c1)c1ccco1. The molecule has 2 aromatic rings. The van der Waals surface area contributed by atoms with Crippen molar-refractivity contribution >= 4 is 0 Å². The van der Waals surface area contributed by atoms with E-state index in [9.17, 15) is 13.9 Å². The van der Waals surface area contributed by atoms with Gasteiger partial charge in [0.1, 0.15) is 5.76 Å². The van der Waals surface area contributed by atoms with E-state index in [2.05, 4.69) is 5.32 Å². The van der Waals surface area contributed by atoms with Crippen LogP contribution < -0.4 is 5.32 Å². The van der Waals surface area contributed by atoms with E-state index < -0.39 is 11.6 Å². The molecule has 3 nitrogen and oxygen atoms in total. The molecule has 0 spiro atoms. The van der Waals surface area contributed by atoms with Crippen molar-refractivity contribution in [2.45, 2.75) is 12.6 Å². The van der Waals surface area contributed by atoms with Gasteiger partial charge in [0.25, 0.3) is 0 Å². The average molecular weight is 253 g/mol. The van der Waals surface area contributed by atoms with Crippen LogP contribution in [0.3, 0.4) is 0 Å². The highest BCUT2D eigenvalue weighted by molar-refractivity contribution is 5.18. The van der Waals surface area contributed by atoms with Crippen LogP contribution in [0.1, 0.15) is 17.4 Å². The van der Waals surface area contributed by atoms with Gasteiger partial charge in [-0.1, -0.05) is 6.07 Å². The number of hydrogen-bond donors (Lipinski definition) is 2. The number of nitrogens with one attached hydrogen (secondary N) is 1. The third kappa shape index (κ3) is 2.94. The average Bonchev–Trinajstić information content (AvgIpc) is 2.88. The lowest BCUT2D eigenvalue weighted by Crippen LogP contribution is -2.23. The van der Waals surface area contributed by atoms with Gasteiger partial charge in [0.2, 0.25) is 0 Å². The Morgan fingerprint density at radius 3 is 2.67 bits per heavy atom. The molecule has 0 amide bonds. The summed E-state index contributed by atoms with van der Waals surface area (Å²) in [5.74, 6) is -1.16. The normalized spacial score (nSPS) is 12.6. The summed E-state index contributed by atoms with van der Waals surface area (Å²) in [4.78, 5) is 0. The summed E-state index contributed by atoms with van der Waals surface area (Å²) in [6, 6.07) is 6.78. The largest absolute Gasteiger partial charge is 0.468 e. The van der Waals surface area contributed by atoms with E-state index in [-0.39, 0.29) is 12.6 Å². The molecule has 1 unspecified atom stereocenters. The Morgan fingerprint density at radius 1 is 1.22 bits per heavy atom. The fourth-order valence-electron chi connectivity index (χ4n) is 1.64. The maximum absolute atomic E-state index is 13.0. The van der Waals surface area contributed by atoms with Gasteiger partial charge >= 0.3 is 0 Å². The molecular weight excluding hydrogens is 240 g/mol. The van der Waals surface area contributed by atoms with Crippen molar-refractivity contribution in [2.75, 3.05) is 6.61 Å². The second-order valence-corrected chi connectivity index (χ2v) is 3.88. The predicted octanol–water partition coefficient (Wildman–Crippen LogP) is 2.38. The standard InChI is InChI=1S/C13H13F2NO2/c14-10-4-3-9(6-11(10)15)7-16-12(8-17)13-2-1-5-18-13/h1-6,12,16-17H,7-8H2. The molecule has 1 heterocycles. The van der Waals surface area contributed by atoms with Crippen molar-refractivity contribution in [3.8, 4) is 0 Å². The van der Waals surface area contributed by atoms with Gasteiger partial charge in [-0.15, -0.1) is 0 Å². The molecule has 0 aliphatic carbocycles. The summed E-state index contributed by atoms with van der Waals surface area (Å²) < 4.78 is 30.9. The van der Waals surface area contributed by atoms with Crippen molar-refractivity contribution in [2.24, 2.45) is 0 Å². The van der Waals surface area contributed by atoms with Crippen molar-refractivity contribution in [3.05, 3.63) is 59.6 Å². The summed E-state index contributed by atoms with van der Waals surface area (Å²) in [5, 5.41) is 12.2. The van der Waals surface area contributed by atoms with Gasteiger partial charge in [-0.3, -0.25) is 0 Å².